The van der Waals surface area contributed by atoms with E-state index in [1.807, 2.05) is 53.6 Å². The van der Waals surface area contributed by atoms with Crippen molar-refractivity contribution in [2.24, 2.45) is 0 Å². The summed E-state index contributed by atoms with van der Waals surface area (Å²) in [5.74, 6) is 0.0488. The van der Waals surface area contributed by atoms with E-state index < -0.39 is 0 Å². The molecule has 0 saturated carbocycles. The van der Waals surface area contributed by atoms with E-state index in [0.29, 0.717) is 13.1 Å². The zero-order chi connectivity index (χ0) is 15.4. The van der Waals surface area contributed by atoms with Gasteiger partial charge in [0.05, 0.1) is 19.1 Å². The van der Waals surface area contributed by atoms with Crippen molar-refractivity contribution in [3.8, 4) is 0 Å². The SMILES string of the molecule is Cc1ccccc1C(=O)N(Cc1ccoc1)Cc1cccs1. The Morgan fingerprint density at radius 1 is 1.14 bits per heavy atom. The molecular formula is C18H17NO2S. The van der Waals surface area contributed by atoms with E-state index >= 15 is 0 Å². The lowest BCUT2D eigenvalue weighted by molar-refractivity contribution is 0.0731. The van der Waals surface area contributed by atoms with Crippen molar-refractivity contribution < 1.29 is 9.21 Å². The molecule has 22 heavy (non-hydrogen) atoms. The van der Waals surface area contributed by atoms with Crippen molar-refractivity contribution in [2.75, 3.05) is 0 Å². The van der Waals surface area contributed by atoms with Crippen LogP contribution in [-0.4, -0.2) is 10.8 Å². The number of rotatable bonds is 5. The van der Waals surface area contributed by atoms with Gasteiger partial charge in [0.25, 0.3) is 5.91 Å². The summed E-state index contributed by atoms with van der Waals surface area (Å²) in [4.78, 5) is 15.9. The Kier molecular flexibility index (Phi) is 4.39. The van der Waals surface area contributed by atoms with Gasteiger partial charge in [0.2, 0.25) is 0 Å². The summed E-state index contributed by atoms with van der Waals surface area (Å²) in [6, 6.07) is 13.7. The van der Waals surface area contributed by atoms with Crippen LogP contribution in [-0.2, 0) is 13.1 Å². The van der Waals surface area contributed by atoms with E-state index in [9.17, 15) is 4.79 Å². The molecule has 112 valence electrons. The summed E-state index contributed by atoms with van der Waals surface area (Å²) in [5.41, 5.74) is 2.75. The van der Waals surface area contributed by atoms with Crippen LogP contribution >= 0.6 is 11.3 Å². The summed E-state index contributed by atoms with van der Waals surface area (Å²) in [7, 11) is 0. The zero-order valence-corrected chi connectivity index (χ0v) is 13.2. The molecule has 0 spiro atoms. The van der Waals surface area contributed by atoms with Crippen LogP contribution < -0.4 is 0 Å². The lowest BCUT2D eigenvalue weighted by Crippen LogP contribution is -2.30. The number of furan rings is 1. The van der Waals surface area contributed by atoms with E-state index in [2.05, 4.69) is 6.07 Å². The first-order valence-electron chi connectivity index (χ1n) is 7.12. The zero-order valence-electron chi connectivity index (χ0n) is 12.4. The Hall–Kier alpha value is -2.33. The maximum absolute atomic E-state index is 12.9. The molecule has 0 bridgehead atoms. The predicted octanol–water partition coefficient (Wildman–Crippen LogP) is 4.49. The van der Waals surface area contributed by atoms with Crippen LogP contribution in [0.2, 0.25) is 0 Å². The maximum atomic E-state index is 12.9. The van der Waals surface area contributed by atoms with Crippen LogP contribution in [0, 0.1) is 6.92 Å². The number of hydrogen-bond acceptors (Lipinski definition) is 3. The molecule has 0 aliphatic heterocycles. The van der Waals surface area contributed by atoms with Crippen LogP contribution in [0.5, 0.6) is 0 Å². The third-order valence-electron chi connectivity index (χ3n) is 3.54. The molecule has 0 radical (unpaired) electrons. The van der Waals surface area contributed by atoms with Crippen LogP contribution in [0.3, 0.4) is 0 Å². The third-order valence-corrected chi connectivity index (χ3v) is 4.40. The summed E-state index contributed by atoms with van der Waals surface area (Å²) in [6.07, 6.45) is 3.32. The first-order valence-corrected chi connectivity index (χ1v) is 8.00. The molecule has 0 atom stereocenters. The minimum Gasteiger partial charge on any atom is -0.472 e. The molecule has 2 aromatic heterocycles. The summed E-state index contributed by atoms with van der Waals surface area (Å²) in [5, 5.41) is 2.03. The Balaban J connectivity index is 1.87. The molecule has 0 fully saturated rings. The number of carbonyl (C=O) groups excluding carboxylic acids is 1. The molecule has 0 saturated heterocycles. The number of amides is 1. The van der Waals surface area contributed by atoms with E-state index in [4.69, 9.17) is 4.42 Å². The maximum Gasteiger partial charge on any atom is 0.254 e. The van der Waals surface area contributed by atoms with Crippen molar-refractivity contribution >= 4 is 17.2 Å². The second-order valence-electron chi connectivity index (χ2n) is 5.19. The molecule has 3 aromatic rings. The van der Waals surface area contributed by atoms with Gasteiger partial charge in [0.1, 0.15) is 0 Å². The molecule has 0 unspecified atom stereocenters. The summed E-state index contributed by atoms with van der Waals surface area (Å²) < 4.78 is 5.12. The van der Waals surface area contributed by atoms with Gasteiger partial charge in [-0.15, -0.1) is 11.3 Å². The van der Waals surface area contributed by atoms with Crippen molar-refractivity contribution in [3.63, 3.8) is 0 Å². The normalized spacial score (nSPS) is 10.6. The van der Waals surface area contributed by atoms with Gasteiger partial charge in [0.15, 0.2) is 0 Å². The van der Waals surface area contributed by atoms with Crippen LogP contribution in [0.25, 0.3) is 0 Å². The number of nitrogens with zero attached hydrogens (tertiary/aromatic N) is 1. The van der Waals surface area contributed by atoms with E-state index in [1.54, 1.807) is 23.9 Å². The quantitative estimate of drug-likeness (QED) is 0.695. The predicted molar refractivity (Wildman–Crippen MR) is 87.8 cm³/mol. The molecule has 4 heteroatoms. The monoisotopic (exact) mass is 311 g/mol. The lowest BCUT2D eigenvalue weighted by Gasteiger charge is -2.22. The first kappa shape index (κ1) is 14.6. The number of hydrogen-bond donors (Lipinski definition) is 0. The van der Waals surface area contributed by atoms with Crippen molar-refractivity contribution in [3.05, 3.63) is 81.9 Å². The molecule has 1 aromatic carbocycles. The largest absolute Gasteiger partial charge is 0.472 e. The Morgan fingerprint density at radius 2 is 2.00 bits per heavy atom. The van der Waals surface area contributed by atoms with Crippen LogP contribution in [0.1, 0.15) is 26.4 Å². The molecule has 3 nitrogen and oxygen atoms in total. The number of benzene rings is 1. The van der Waals surface area contributed by atoms with Gasteiger partial charge < -0.3 is 9.32 Å². The second kappa shape index (κ2) is 6.62. The molecule has 1 amide bonds. The molecule has 0 aliphatic carbocycles. The first-order chi connectivity index (χ1) is 10.7. The van der Waals surface area contributed by atoms with Crippen LogP contribution in [0.15, 0.2) is 64.8 Å². The average molecular weight is 311 g/mol. The summed E-state index contributed by atoms with van der Waals surface area (Å²) in [6.45, 7) is 3.12. The van der Waals surface area contributed by atoms with Crippen molar-refractivity contribution in [1.29, 1.82) is 0 Å². The minimum absolute atomic E-state index is 0.0488. The number of thiophene rings is 1. The van der Waals surface area contributed by atoms with Gasteiger partial charge in [-0.05, 0) is 36.1 Å². The van der Waals surface area contributed by atoms with Gasteiger partial charge in [-0.3, -0.25) is 4.79 Å². The van der Waals surface area contributed by atoms with Gasteiger partial charge >= 0.3 is 0 Å². The lowest BCUT2D eigenvalue weighted by atomic mass is 10.1. The highest BCUT2D eigenvalue weighted by atomic mass is 32.1. The second-order valence-corrected chi connectivity index (χ2v) is 6.22. The smallest absolute Gasteiger partial charge is 0.254 e. The van der Waals surface area contributed by atoms with Crippen molar-refractivity contribution in [1.82, 2.24) is 4.90 Å². The average Bonchev–Trinajstić information content (AvgIpc) is 3.20. The van der Waals surface area contributed by atoms with Gasteiger partial charge in [-0.2, -0.15) is 0 Å². The van der Waals surface area contributed by atoms with Gasteiger partial charge in [0, 0.05) is 22.5 Å². The van der Waals surface area contributed by atoms with E-state index in [-0.39, 0.29) is 5.91 Å². The minimum atomic E-state index is 0.0488. The molecule has 0 N–H and O–H groups in total. The Labute approximate surface area is 133 Å². The highest BCUT2D eigenvalue weighted by Gasteiger charge is 2.19. The van der Waals surface area contributed by atoms with E-state index in [1.165, 1.54) is 4.88 Å². The third kappa shape index (κ3) is 3.28. The topological polar surface area (TPSA) is 33.5 Å². The highest BCUT2D eigenvalue weighted by Crippen LogP contribution is 2.19. The molecule has 2 heterocycles. The van der Waals surface area contributed by atoms with E-state index in [0.717, 1.165) is 16.7 Å². The molecule has 0 aliphatic rings. The van der Waals surface area contributed by atoms with Gasteiger partial charge in [-0.25, -0.2) is 0 Å². The number of aryl methyl sites for hydroxylation is 1. The standard InChI is InChI=1S/C18H17NO2S/c1-14-5-2-3-7-17(14)18(20)19(11-15-8-9-21-13-15)12-16-6-4-10-22-16/h2-10,13H,11-12H2,1H3. The van der Waals surface area contributed by atoms with Crippen LogP contribution in [0.4, 0.5) is 0 Å². The Morgan fingerprint density at radius 3 is 2.68 bits per heavy atom. The fourth-order valence-electron chi connectivity index (χ4n) is 2.38. The fraction of sp³-hybridized carbons (Fsp3) is 0.167. The molecular weight excluding hydrogens is 294 g/mol. The fourth-order valence-corrected chi connectivity index (χ4v) is 3.10. The molecule has 3 rings (SSSR count). The number of carbonyl (C=O) groups is 1. The Bertz CT molecular complexity index is 696. The van der Waals surface area contributed by atoms with Crippen molar-refractivity contribution in [2.45, 2.75) is 20.0 Å². The summed E-state index contributed by atoms with van der Waals surface area (Å²) >= 11 is 1.66. The van der Waals surface area contributed by atoms with Gasteiger partial charge in [-0.1, -0.05) is 24.3 Å². The highest BCUT2D eigenvalue weighted by molar-refractivity contribution is 7.09.